The monoisotopic (exact) mass is 159 g/mol. The number of β-amino-alcohol motifs (C(OH)–C–C–N with tert-alkyl or cyclic N) is 1. The minimum atomic E-state index is -0.359. The van der Waals surface area contributed by atoms with Crippen LogP contribution < -0.4 is 0 Å². The quantitative estimate of drug-likeness (QED) is 0.485. The first-order valence-corrected chi connectivity index (χ1v) is 3.95. The van der Waals surface area contributed by atoms with Gasteiger partial charge in [0.15, 0.2) is 0 Å². The van der Waals surface area contributed by atoms with E-state index in [1.54, 1.807) is 0 Å². The maximum absolute atomic E-state index is 9.36. The largest absolute Gasteiger partial charge is 0.390 e. The summed E-state index contributed by atoms with van der Waals surface area (Å²) in [6.07, 6.45) is -0.551. The van der Waals surface area contributed by atoms with E-state index in [2.05, 4.69) is 4.90 Å². The van der Waals surface area contributed by atoms with Crippen LogP contribution in [-0.2, 0) is 4.74 Å². The zero-order valence-corrected chi connectivity index (χ0v) is 6.31. The number of aliphatic hydroxyl groups is 2. The van der Waals surface area contributed by atoms with Crippen molar-refractivity contribution >= 4 is 0 Å². The lowest BCUT2D eigenvalue weighted by Gasteiger charge is -2.40. The van der Waals surface area contributed by atoms with Gasteiger partial charge < -0.3 is 14.9 Å². The highest BCUT2D eigenvalue weighted by Crippen LogP contribution is 2.19. The molecule has 0 aromatic heterocycles. The van der Waals surface area contributed by atoms with Crippen molar-refractivity contribution in [2.24, 2.45) is 0 Å². The maximum Gasteiger partial charge on any atom is 0.0950 e. The minimum Gasteiger partial charge on any atom is -0.390 e. The molecule has 0 saturated carbocycles. The Morgan fingerprint density at radius 2 is 1.91 bits per heavy atom. The molecule has 0 aromatic rings. The van der Waals surface area contributed by atoms with Crippen molar-refractivity contribution in [3.8, 4) is 0 Å². The number of nitrogens with zero attached hydrogens (tertiary/aromatic N) is 1. The van der Waals surface area contributed by atoms with Crippen LogP contribution in [0.2, 0.25) is 0 Å². The Morgan fingerprint density at radius 3 is 2.36 bits per heavy atom. The van der Waals surface area contributed by atoms with Crippen LogP contribution in [0.3, 0.4) is 0 Å². The molecule has 0 aromatic carbocycles. The molecular weight excluding hydrogens is 146 g/mol. The fourth-order valence-corrected chi connectivity index (χ4v) is 1.64. The Labute approximate surface area is 65.4 Å². The summed E-state index contributed by atoms with van der Waals surface area (Å²) in [6.45, 7) is 2.42. The van der Waals surface area contributed by atoms with Gasteiger partial charge in [0.25, 0.3) is 0 Å². The van der Waals surface area contributed by atoms with E-state index in [1.807, 2.05) is 0 Å². The van der Waals surface area contributed by atoms with Gasteiger partial charge in [0.05, 0.1) is 31.5 Å². The van der Waals surface area contributed by atoms with Gasteiger partial charge in [0.2, 0.25) is 0 Å². The van der Waals surface area contributed by atoms with Gasteiger partial charge in [-0.1, -0.05) is 0 Å². The van der Waals surface area contributed by atoms with Gasteiger partial charge in [0, 0.05) is 13.1 Å². The van der Waals surface area contributed by atoms with Crippen molar-refractivity contribution in [2.45, 2.75) is 18.2 Å². The number of rotatable bonds is 1. The maximum atomic E-state index is 9.36. The van der Waals surface area contributed by atoms with Crippen molar-refractivity contribution in [1.29, 1.82) is 0 Å². The van der Waals surface area contributed by atoms with Crippen LogP contribution in [0.1, 0.15) is 0 Å². The second-order valence-electron chi connectivity index (χ2n) is 3.28. The number of hydrogen-bond donors (Lipinski definition) is 2. The molecule has 2 N–H and O–H groups in total. The molecule has 2 aliphatic rings. The molecule has 2 atom stereocenters. The van der Waals surface area contributed by atoms with E-state index in [9.17, 15) is 5.11 Å². The van der Waals surface area contributed by atoms with Gasteiger partial charge >= 0.3 is 0 Å². The van der Waals surface area contributed by atoms with E-state index in [1.165, 1.54) is 0 Å². The first-order valence-electron chi connectivity index (χ1n) is 3.95. The fraction of sp³-hybridized carbons (Fsp3) is 1.00. The third kappa shape index (κ3) is 1.27. The third-order valence-corrected chi connectivity index (χ3v) is 2.38. The Hall–Kier alpha value is -0.160. The number of ether oxygens (including phenoxy) is 1. The molecule has 2 fully saturated rings. The van der Waals surface area contributed by atoms with Gasteiger partial charge in [-0.15, -0.1) is 0 Å². The molecule has 2 heterocycles. The highest BCUT2D eigenvalue weighted by atomic mass is 16.5. The molecule has 0 amide bonds. The summed E-state index contributed by atoms with van der Waals surface area (Å²) in [6, 6.07) is 0.124. The number of likely N-dealkylation sites (tertiary alicyclic amines) is 1. The molecule has 2 saturated heterocycles. The molecule has 11 heavy (non-hydrogen) atoms. The van der Waals surface area contributed by atoms with Gasteiger partial charge in [-0.3, -0.25) is 4.90 Å². The number of aliphatic hydroxyl groups excluding tert-OH is 2. The van der Waals surface area contributed by atoms with E-state index >= 15 is 0 Å². The van der Waals surface area contributed by atoms with E-state index in [0.29, 0.717) is 26.3 Å². The summed E-state index contributed by atoms with van der Waals surface area (Å²) in [5.41, 5.74) is 0. The minimum absolute atomic E-state index is 0.124. The Morgan fingerprint density at radius 1 is 1.18 bits per heavy atom. The Balaban J connectivity index is 1.85. The summed E-state index contributed by atoms with van der Waals surface area (Å²) in [5.74, 6) is 0. The molecule has 64 valence electrons. The van der Waals surface area contributed by atoms with Crippen LogP contribution >= 0.6 is 0 Å². The van der Waals surface area contributed by atoms with Gasteiger partial charge in [-0.25, -0.2) is 0 Å². The van der Waals surface area contributed by atoms with Crippen LogP contribution in [0, 0.1) is 0 Å². The van der Waals surface area contributed by atoms with Gasteiger partial charge in [-0.05, 0) is 0 Å². The van der Waals surface area contributed by atoms with Crippen LogP contribution in [0.25, 0.3) is 0 Å². The predicted octanol–water partition coefficient (Wildman–Crippen LogP) is -1.58. The summed E-state index contributed by atoms with van der Waals surface area (Å²) >= 11 is 0. The molecule has 0 unspecified atom stereocenters. The Kier molecular flexibility index (Phi) is 1.85. The van der Waals surface area contributed by atoms with Crippen molar-refractivity contribution in [3.05, 3.63) is 0 Å². The second-order valence-corrected chi connectivity index (χ2v) is 3.28. The zero-order valence-electron chi connectivity index (χ0n) is 6.31. The smallest absolute Gasteiger partial charge is 0.0950 e. The molecular formula is C7H13NO3. The molecule has 0 aliphatic carbocycles. The Bertz CT molecular complexity index is 147. The lowest BCUT2D eigenvalue weighted by molar-refractivity contribution is -0.0467. The predicted molar refractivity (Wildman–Crippen MR) is 38.2 cm³/mol. The molecule has 2 rings (SSSR count). The summed E-state index contributed by atoms with van der Waals surface area (Å²) in [5, 5.41) is 18.4. The SMILES string of the molecule is OC1CN([C@@H]2COC[C@H]2O)C1. The van der Waals surface area contributed by atoms with Crippen LogP contribution in [-0.4, -0.2) is 59.7 Å². The number of hydrogen-bond acceptors (Lipinski definition) is 4. The van der Waals surface area contributed by atoms with Crippen molar-refractivity contribution in [1.82, 2.24) is 4.90 Å². The molecule has 4 heteroatoms. The fourth-order valence-electron chi connectivity index (χ4n) is 1.64. The van der Waals surface area contributed by atoms with Crippen molar-refractivity contribution in [3.63, 3.8) is 0 Å². The molecule has 2 aliphatic heterocycles. The zero-order chi connectivity index (χ0) is 7.84. The second kappa shape index (κ2) is 2.71. The molecule has 0 spiro atoms. The van der Waals surface area contributed by atoms with Crippen molar-refractivity contribution in [2.75, 3.05) is 26.3 Å². The third-order valence-electron chi connectivity index (χ3n) is 2.38. The van der Waals surface area contributed by atoms with Crippen LogP contribution in [0.15, 0.2) is 0 Å². The first kappa shape index (κ1) is 7.49. The highest BCUT2D eigenvalue weighted by Gasteiger charge is 2.37. The lowest BCUT2D eigenvalue weighted by Crippen LogP contribution is -2.58. The van der Waals surface area contributed by atoms with Crippen LogP contribution in [0.4, 0.5) is 0 Å². The van der Waals surface area contributed by atoms with Gasteiger partial charge in [0.1, 0.15) is 0 Å². The first-order chi connectivity index (χ1) is 5.27. The van der Waals surface area contributed by atoms with Crippen LogP contribution in [0.5, 0.6) is 0 Å². The molecule has 0 bridgehead atoms. The summed E-state index contributed by atoms with van der Waals surface area (Å²) in [7, 11) is 0. The average molecular weight is 159 g/mol. The summed E-state index contributed by atoms with van der Waals surface area (Å²) < 4.78 is 5.09. The van der Waals surface area contributed by atoms with Gasteiger partial charge in [-0.2, -0.15) is 0 Å². The summed E-state index contributed by atoms with van der Waals surface area (Å²) in [4.78, 5) is 2.06. The topological polar surface area (TPSA) is 52.9 Å². The van der Waals surface area contributed by atoms with E-state index in [4.69, 9.17) is 9.84 Å². The van der Waals surface area contributed by atoms with Crippen molar-refractivity contribution < 1.29 is 14.9 Å². The standard InChI is InChI=1S/C7H13NO3/c9-5-1-8(2-5)6-3-11-4-7(6)10/h5-7,9-10H,1-4H2/t6-,7-/m1/s1. The lowest BCUT2D eigenvalue weighted by atomic mass is 10.1. The highest BCUT2D eigenvalue weighted by molar-refractivity contribution is 4.91. The van der Waals surface area contributed by atoms with E-state index in [-0.39, 0.29) is 18.2 Å². The molecule has 0 radical (unpaired) electrons. The normalized spacial score (nSPS) is 40.9. The van der Waals surface area contributed by atoms with E-state index in [0.717, 1.165) is 0 Å². The molecule has 4 nitrogen and oxygen atoms in total. The average Bonchev–Trinajstić information content (AvgIpc) is 2.29. The van der Waals surface area contributed by atoms with E-state index < -0.39 is 0 Å².